The van der Waals surface area contributed by atoms with Crippen LogP contribution in [0.5, 0.6) is 0 Å². The van der Waals surface area contributed by atoms with Crippen molar-refractivity contribution < 1.29 is 22.7 Å². The largest absolute Gasteiger partial charge is 0.383 e. The summed E-state index contributed by atoms with van der Waals surface area (Å²) in [6.45, 7) is 1.60. The number of nitrogens with one attached hydrogen (secondary N) is 1. The van der Waals surface area contributed by atoms with Crippen molar-refractivity contribution in [3.63, 3.8) is 0 Å². The van der Waals surface area contributed by atoms with Crippen molar-refractivity contribution in [1.82, 2.24) is 9.62 Å². The number of thioether (sulfide) groups is 1. The van der Waals surface area contributed by atoms with Crippen LogP contribution in [0.3, 0.4) is 0 Å². The SMILES string of the molecule is COCCNC(=O)CN1C(=O)CCSc2ccc(S(=O)(=O)N3CCCC3)cc21. The van der Waals surface area contributed by atoms with Gasteiger partial charge in [0.1, 0.15) is 6.54 Å². The van der Waals surface area contributed by atoms with E-state index in [2.05, 4.69) is 5.32 Å². The molecular formula is C18H25N3O5S2. The predicted molar refractivity (Wildman–Crippen MR) is 107 cm³/mol. The maximum Gasteiger partial charge on any atom is 0.243 e. The van der Waals surface area contributed by atoms with Crippen LogP contribution >= 0.6 is 11.8 Å². The number of methoxy groups -OCH3 is 1. The number of ether oxygens (including phenoxy) is 1. The quantitative estimate of drug-likeness (QED) is 0.654. The molecule has 1 aromatic carbocycles. The zero-order chi connectivity index (χ0) is 20.1. The molecule has 154 valence electrons. The fraction of sp³-hybridized carbons (Fsp3) is 0.556. The van der Waals surface area contributed by atoms with Crippen LogP contribution in [-0.4, -0.2) is 70.2 Å². The molecular weight excluding hydrogens is 402 g/mol. The summed E-state index contributed by atoms with van der Waals surface area (Å²) in [5.74, 6) is 0.0891. The number of carbonyl (C=O) groups is 2. The van der Waals surface area contributed by atoms with Gasteiger partial charge in [0.05, 0.1) is 17.2 Å². The van der Waals surface area contributed by atoms with Crippen LogP contribution < -0.4 is 10.2 Å². The van der Waals surface area contributed by atoms with Crippen molar-refractivity contribution in [2.45, 2.75) is 29.1 Å². The minimum Gasteiger partial charge on any atom is -0.383 e. The zero-order valence-corrected chi connectivity index (χ0v) is 17.5. The molecule has 8 nitrogen and oxygen atoms in total. The lowest BCUT2D eigenvalue weighted by Gasteiger charge is -2.23. The van der Waals surface area contributed by atoms with Crippen LogP contribution in [-0.2, 0) is 24.3 Å². The van der Waals surface area contributed by atoms with E-state index in [0.29, 0.717) is 44.1 Å². The van der Waals surface area contributed by atoms with Crippen LogP contribution in [0.25, 0.3) is 0 Å². The van der Waals surface area contributed by atoms with Gasteiger partial charge in [-0.1, -0.05) is 0 Å². The van der Waals surface area contributed by atoms with Gasteiger partial charge in [-0.3, -0.25) is 9.59 Å². The highest BCUT2D eigenvalue weighted by molar-refractivity contribution is 7.99. The molecule has 28 heavy (non-hydrogen) atoms. The highest BCUT2D eigenvalue weighted by Crippen LogP contribution is 2.36. The normalized spacial score (nSPS) is 18.0. The number of benzene rings is 1. The van der Waals surface area contributed by atoms with Gasteiger partial charge in [-0.15, -0.1) is 11.8 Å². The molecule has 0 aliphatic carbocycles. The second-order valence-electron chi connectivity index (χ2n) is 6.66. The standard InChI is InChI=1S/C18H25N3O5S2/c1-26-10-7-19-17(22)13-21-15-12-14(28(24,25)20-8-2-3-9-20)4-5-16(15)27-11-6-18(21)23/h4-5,12H,2-3,6-11,13H2,1H3,(H,19,22). The molecule has 0 aromatic heterocycles. The minimum atomic E-state index is -3.60. The highest BCUT2D eigenvalue weighted by Gasteiger charge is 2.30. The number of fused-ring (bicyclic) bond motifs is 1. The number of nitrogens with zero attached hydrogens (tertiary/aromatic N) is 2. The van der Waals surface area contributed by atoms with E-state index < -0.39 is 10.0 Å². The number of amides is 2. The number of carbonyl (C=O) groups excluding carboxylic acids is 2. The second-order valence-corrected chi connectivity index (χ2v) is 9.74. The van der Waals surface area contributed by atoms with Crippen LogP contribution in [0.1, 0.15) is 19.3 Å². The first kappa shape index (κ1) is 21.1. The van der Waals surface area contributed by atoms with Crippen molar-refractivity contribution in [1.29, 1.82) is 0 Å². The molecule has 0 atom stereocenters. The average molecular weight is 428 g/mol. The lowest BCUT2D eigenvalue weighted by Crippen LogP contribution is -2.41. The van der Waals surface area contributed by atoms with Gasteiger partial charge in [0, 0.05) is 43.8 Å². The molecule has 0 bridgehead atoms. The Bertz CT molecular complexity index is 838. The summed E-state index contributed by atoms with van der Waals surface area (Å²) in [6, 6.07) is 4.85. The summed E-state index contributed by atoms with van der Waals surface area (Å²) in [5, 5.41) is 2.70. The van der Waals surface area contributed by atoms with Crippen LogP contribution in [0.2, 0.25) is 0 Å². The Hall–Kier alpha value is -1.62. The third-order valence-corrected chi connectivity index (χ3v) is 7.69. The van der Waals surface area contributed by atoms with Crippen molar-refractivity contribution in [2.24, 2.45) is 0 Å². The van der Waals surface area contributed by atoms with Gasteiger partial charge in [-0.2, -0.15) is 4.31 Å². The molecule has 1 N–H and O–H groups in total. The second kappa shape index (κ2) is 9.25. The Morgan fingerprint density at radius 3 is 2.75 bits per heavy atom. The summed E-state index contributed by atoms with van der Waals surface area (Å²) < 4.78 is 32.2. The molecule has 1 saturated heterocycles. The van der Waals surface area contributed by atoms with E-state index in [-0.39, 0.29) is 23.3 Å². The first-order valence-corrected chi connectivity index (χ1v) is 11.7. The number of hydrogen-bond acceptors (Lipinski definition) is 6. The third kappa shape index (κ3) is 4.68. The van der Waals surface area contributed by atoms with Gasteiger partial charge in [0.15, 0.2) is 0 Å². The highest BCUT2D eigenvalue weighted by atomic mass is 32.2. The van der Waals surface area contributed by atoms with Gasteiger partial charge in [-0.25, -0.2) is 8.42 Å². The Balaban J connectivity index is 1.88. The number of anilines is 1. The zero-order valence-electron chi connectivity index (χ0n) is 15.8. The van der Waals surface area contributed by atoms with E-state index in [4.69, 9.17) is 4.74 Å². The van der Waals surface area contributed by atoms with Gasteiger partial charge >= 0.3 is 0 Å². The van der Waals surface area contributed by atoms with Crippen molar-refractivity contribution in [2.75, 3.05) is 50.5 Å². The molecule has 0 unspecified atom stereocenters. The summed E-state index contributed by atoms with van der Waals surface area (Å²) in [4.78, 5) is 27.2. The van der Waals surface area contributed by atoms with Crippen molar-refractivity contribution in [3.05, 3.63) is 18.2 Å². The van der Waals surface area contributed by atoms with E-state index in [9.17, 15) is 18.0 Å². The lowest BCUT2D eigenvalue weighted by molar-refractivity contribution is -0.123. The Labute approximate surface area is 169 Å². The number of sulfonamides is 1. The Morgan fingerprint density at radius 1 is 1.29 bits per heavy atom. The van der Waals surface area contributed by atoms with Crippen LogP contribution in [0, 0.1) is 0 Å². The first-order valence-electron chi connectivity index (χ1n) is 9.26. The molecule has 0 spiro atoms. The van der Waals surface area contributed by atoms with Crippen molar-refractivity contribution >= 4 is 39.3 Å². The molecule has 0 radical (unpaired) electrons. The van der Waals surface area contributed by atoms with E-state index in [1.807, 2.05) is 0 Å². The van der Waals surface area contributed by atoms with Crippen LogP contribution in [0.15, 0.2) is 28.0 Å². The molecule has 2 heterocycles. The molecule has 3 rings (SSSR count). The van der Waals surface area contributed by atoms with Crippen molar-refractivity contribution in [3.8, 4) is 0 Å². The molecule has 2 aliphatic heterocycles. The Morgan fingerprint density at radius 2 is 2.04 bits per heavy atom. The van der Waals surface area contributed by atoms with E-state index in [1.165, 1.54) is 27.0 Å². The third-order valence-electron chi connectivity index (χ3n) is 4.73. The number of rotatable bonds is 7. The summed E-state index contributed by atoms with van der Waals surface area (Å²) in [6.07, 6.45) is 2.00. The fourth-order valence-corrected chi connectivity index (χ4v) is 5.77. The summed E-state index contributed by atoms with van der Waals surface area (Å²) in [5.41, 5.74) is 0.481. The van der Waals surface area contributed by atoms with Gasteiger partial charge in [-0.05, 0) is 31.0 Å². The smallest absolute Gasteiger partial charge is 0.243 e. The maximum atomic E-state index is 12.9. The van der Waals surface area contributed by atoms with Gasteiger partial charge in [0.2, 0.25) is 21.8 Å². The molecule has 2 aliphatic rings. The lowest BCUT2D eigenvalue weighted by atomic mass is 10.2. The summed E-state index contributed by atoms with van der Waals surface area (Å²) >= 11 is 1.49. The predicted octanol–water partition coefficient (Wildman–Crippen LogP) is 1.06. The minimum absolute atomic E-state index is 0.149. The average Bonchev–Trinajstić information content (AvgIpc) is 3.17. The molecule has 0 saturated carbocycles. The van der Waals surface area contributed by atoms with Crippen LogP contribution in [0.4, 0.5) is 5.69 Å². The van der Waals surface area contributed by atoms with E-state index in [1.54, 1.807) is 19.2 Å². The molecule has 1 fully saturated rings. The van der Waals surface area contributed by atoms with E-state index in [0.717, 1.165) is 17.7 Å². The fourth-order valence-electron chi connectivity index (χ4n) is 3.25. The Kier molecular flexibility index (Phi) is 6.97. The molecule has 10 heteroatoms. The van der Waals surface area contributed by atoms with Gasteiger partial charge < -0.3 is 15.0 Å². The first-order chi connectivity index (χ1) is 13.4. The topological polar surface area (TPSA) is 96.0 Å². The monoisotopic (exact) mass is 427 g/mol. The number of hydrogen-bond donors (Lipinski definition) is 1. The van der Waals surface area contributed by atoms with Gasteiger partial charge in [0.25, 0.3) is 0 Å². The molecule has 2 amide bonds. The summed E-state index contributed by atoms with van der Waals surface area (Å²) in [7, 11) is -2.06. The maximum absolute atomic E-state index is 12.9. The molecule has 1 aromatic rings. The van der Waals surface area contributed by atoms with E-state index >= 15 is 0 Å².